The predicted octanol–water partition coefficient (Wildman–Crippen LogP) is -0.258. The van der Waals surface area contributed by atoms with Crippen LogP contribution in [0, 0.1) is 12.3 Å². The van der Waals surface area contributed by atoms with E-state index in [1.54, 1.807) is 7.05 Å². The summed E-state index contributed by atoms with van der Waals surface area (Å²) >= 11 is 0. The number of hydrogen-bond acceptors (Lipinski definition) is 4. The Kier molecular flexibility index (Phi) is 4.64. The molecule has 2 rings (SSSR count). The first-order valence-electron chi connectivity index (χ1n) is 7.69. The molecular weight excluding hydrogens is 310 g/mol. The number of aryl methyl sites for hydroxylation is 2. The molecule has 0 bridgehead atoms. The van der Waals surface area contributed by atoms with Gasteiger partial charge in [0.05, 0.1) is 6.33 Å². The van der Waals surface area contributed by atoms with Gasteiger partial charge in [0.2, 0.25) is 5.91 Å². The smallest absolute Gasteiger partial charge is 0.332 e. The molecule has 0 fully saturated rings. The number of aromatic nitrogens is 4. The molecular formula is C16H21N5O3. The summed E-state index contributed by atoms with van der Waals surface area (Å²) in [6.07, 6.45) is 8.09. The van der Waals surface area contributed by atoms with E-state index in [0.717, 1.165) is 4.57 Å². The van der Waals surface area contributed by atoms with Crippen molar-refractivity contribution in [2.75, 3.05) is 0 Å². The monoisotopic (exact) mass is 331 g/mol. The van der Waals surface area contributed by atoms with Crippen molar-refractivity contribution >= 4 is 17.1 Å². The van der Waals surface area contributed by atoms with Crippen LogP contribution in [0.5, 0.6) is 0 Å². The van der Waals surface area contributed by atoms with Crippen LogP contribution in [-0.2, 0) is 25.4 Å². The second kappa shape index (κ2) is 6.35. The lowest BCUT2D eigenvalue weighted by Gasteiger charge is -2.27. The third-order valence-electron chi connectivity index (χ3n) is 4.36. The normalized spacial score (nSPS) is 11.5. The lowest BCUT2D eigenvalue weighted by Crippen LogP contribution is -2.50. The largest absolute Gasteiger partial charge is 0.338 e. The number of nitrogens with zero attached hydrogens (tertiary/aromatic N) is 4. The van der Waals surface area contributed by atoms with Crippen LogP contribution in [0.25, 0.3) is 11.2 Å². The topological polar surface area (TPSA) is 90.9 Å². The zero-order chi connectivity index (χ0) is 18.1. The molecule has 128 valence electrons. The highest BCUT2D eigenvalue weighted by Gasteiger charge is 2.26. The van der Waals surface area contributed by atoms with Gasteiger partial charge in [-0.05, 0) is 12.8 Å². The second-order valence-corrected chi connectivity index (χ2v) is 5.74. The lowest BCUT2D eigenvalue weighted by atomic mass is 9.94. The number of nitrogens with one attached hydrogen (secondary N) is 1. The Bertz CT molecular complexity index is 937. The van der Waals surface area contributed by atoms with Crippen LogP contribution in [-0.4, -0.2) is 30.1 Å². The Morgan fingerprint density at radius 1 is 1.33 bits per heavy atom. The van der Waals surface area contributed by atoms with Crippen LogP contribution < -0.4 is 16.6 Å². The molecule has 0 spiro atoms. The van der Waals surface area contributed by atoms with Crippen molar-refractivity contribution in [2.24, 2.45) is 14.1 Å². The average molecular weight is 331 g/mol. The Hall–Kier alpha value is -2.82. The van der Waals surface area contributed by atoms with E-state index in [1.165, 1.54) is 22.5 Å². The van der Waals surface area contributed by atoms with Gasteiger partial charge in [0.15, 0.2) is 11.2 Å². The Labute approximate surface area is 139 Å². The molecule has 8 nitrogen and oxygen atoms in total. The fourth-order valence-electron chi connectivity index (χ4n) is 2.65. The summed E-state index contributed by atoms with van der Waals surface area (Å²) in [4.78, 5) is 41.3. The minimum Gasteiger partial charge on any atom is -0.338 e. The van der Waals surface area contributed by atoms with Gasteiger partial charge in [-0.25, -0.2) is 14.3 Å². The standard InChI is InChI=1S/C16H21N5O3/c1-6-16(7-2,8-3)18-11(22)9-21-14(23)12-13(17-10-19(12)4)20(5)15(21)24/h1,10H,7-9H2,2-5H3,(H,18,22). The van der Waals surface area contributed by atoms with Crippen molar-refractivity contribution in [1.82, 2.24) is 24.0 Å². The Morgan fingerprint density at radius 2 is 1.96 bits per heavy atom. The predicted molar refractivity (Wildman–Crippen MR) is 90.5 cm³/mol. The summed E-state index contributed by atoms with van der Waals surface area (Å²) in [5.74, 6) is 2.12. The molecule has 2 aromatic heterocycles. The molecule has 0 saturated carbocycles. The first kappa shape index (κ1) is 17.5. The van der Waals surface area contributed by atoms with E-state index >= 15 is 0 Å². The maximum Gasteiger partial charge on any atom is 0.332 e. The summed E-state index contributed by atoms with van der Waals surface area (Å²) in [5.41, 5.74) is -1.38. The van der Waals surface area contributed by atoms with Crippen LogP contribution in [0.4, 0.5) is 0 Å². The van der Waals surface area contributed by atoms with Crippen molar-refractivity contribution in [3.8, 4) is 12.3 Å². The molecule has 0 aliphatic heterocycles. The molecule has 2 heterocycles. The fourth-order valence-corrected chi connectivity index (χ4v) is 2.65. The van der Waals surface area contributed by atoms with E-state index in [9.17, 15) is 14.4 Å². The number of carbonyl (C=O) groups excluding carboxylic acids is 1. The Balaban J connectivity index is 2.46. The number of hydrogen-bond donors (Lipinski definition) is 1. The molecule has 1 N–H and O–H groups in total. The summed E-state index contributed by atoms with van der Waals surface area (Å²) in [6, 6.07) is 0. The summed E-state index contributed by atoms with van der Waals surface area (Å²) in [7, 11) is 3.17. The number of carbonyl (C=O) groups is 1. The molecule has 1 amide bonds. The lowest BCUT2D eigenvalue weighted by molar-refractivity contribution is -0.123. The van der Waals surface area contributed by atoms with Crippen LogP contribution in [0.15, 0.2) is 15.9 Å². The molecule has 0 aliphatic carbocycles. The van der Waals surface area contributed by atoms with Crippen LogP contribution in [0.3, 0.4) is 0 Å². The number of fused-ring (bicyclic) bond motifs is 1. The molecule has 0 atom stereocenters. The van der Waals surface area contributed by atoms with Crippen molar-refractivity contribution in [2.45, 2.75) is 38.8 Å². The van der Waals surface area contributed by atoms with E-state index in [-0.39, 0.29) is 11.2 Å². The molecule has 0 saturated heterocycles. The highest BCUT2D eigenvalue weighted by atomic mass is 16.2. The number of imidazole rings is 1. The zero-order valence-electron chi connectivity index (χ0n) is 14.3. The van der Waals surface area contributed by atoms with E-state index in [1.807, 2.05) is 13.8 Å². The molecule has 2 aromatic rings. The third kappa shape index (κ3) is 2.73. The minimum absolute atomic E-state index is 0.263. The van der Waals surface area contributed by atoms with Gasteiger partial charge in [-0.3, -0.25) is 14.2 Å². The van der Waals surface area contributed by atoms with Crippen molar-refractivity contribution in [3.05, 3.63) is 27.2 Å². The van der Waals surface area contributed by atoms with Gasteiger partial charge in [-0.2, -0.15) is 0 Å². The van der Waals surface area contributed by atoms with Crippen molar-refractivity contribution < 1.29 is 4.79 Å². The fraction of sp³-hybridized carbons (Fsp3) is 0.500. The van der Waals surface area contributed by atoms with Gasteiger partial charge in [-0.1, -0.05) is 19.8 Å². The first-order chi connectivity index (χ1) is 11.3. The van der Waals surface area contributed by atoms with Gasteiger partial charge in [0.25, 0.3) is 5.56 Å². The molecule has 0 unspecified atom stereocenters. The van der Waals surface area contributed by atoms with Gasteiger partial charge >= 0.3 is 5.69 Å². The Morgan fingerprint density at radius 3 is 2.50 bits per heavy atom. The summed E-state index contributed by atoms with van der Waals surface area (Å²) in [5, 5.41) is 2.75. The van der Waals surface area contributed by atoms with Crippen LogP contribution in [0.1, 0.15) is 26.7 Å². The molecule has 0 aliphatic rings. The van der Waals surface area contributed by atoms with E-state index < -0.39 is 29.2 Å². The van der Waals surface area contributed by atoms with Gasteiger partial charge in [-0.15, -0.1) is 6.42 Å². The highest BCUT2D eigenvalue weighted by Crippen LogP contribution is 2.13. The average Bonchev–Trinajstić information content (AvgIpc) is 2.96. The van der Waals surface area contributed by atoms with Crippen LogP contribution in [0.2, 0.25) is 0 Å². The molecule has 8 heteroatoms. The van der Waals surface area contributed by atoms with E-state index in [0.29, 0.717) is 12.8 Å². The first-order valence-corrected chi connectivity index (χ1v) is 7.69. The number of terminal acetylenes is 1. The maximum atomic E-state index is 12.6. The quantitative estimate of drug-likeness (QED) is 0.765. The van der Waals surface area contributed by atoms with E-state index in [4.69, 9.17) is 6.42 Å². The minimum atomic E-state index is -0.775. The summed E-state index contributed by atoms with van der Waals surface area (Å²) < 4.78 is 3.67. The summed E-state index contributed by atoms with van der Waals surface area (Å²) in [6.45, 7) is 3.35. The molecule has 24 heavy (non-hydrogen) atoms. The zero-order valence-corrected chi connectivity index (χ0v) is 14.3. The van der Waals surface area contributed by atoms with E-state index in [2.05, 4.69) is 16.2 Å². The maximum absolute atomic E-state index is 12.6. The highest BCUT2D eigenvalue weighted by molar-refractivity contribution is 5.78. The van der Waals surface area contributed by atoms with Crippen LogP contribution >= 0.6 is 0 Å². The number of amides is 1. The van der Waals surface area contributed by atoms with Crippen molar-refractivity contribution in [1.29, 1.82) is 0 Å². The molecule has 0 radical (unpaired) electrons. The van der Waals surface area contributed by atoms with Gasteiger partial charge in [0.1, 0.15) is 12.1 Å². The van der Waals surface area contributed by atoms with Gasteiger partial charge < -0.3 is 9.88 Å². The van der Waals surface area contributed by atoms with Gasteiger partial charge in [0, 0.05) is 14.1 Å². The van der Waals surface area contributed by atoms with Crippen molar-refractivity contribution in [3.63, 3.8) is 0 Å². The third-order valence-corrected chi connectivity index (χ3v) is 4.36. The number of rotatable bonds is 5. The SMILES string of the molecule is C#CC(CC)(CC)NC(=O)Cn1c(=O)c2c(ncn2C)n(C)c1=O. The second-order valence-electron chi connectivity index (χ2n) is 5.74. The molecule has 0 aromatic carbocycles.